The summed E-state index contributed by atoms with van der Waals surface area (Å²) in [4.78, 5) is 0. The highest BCUT2D eigenvalue weighted by atomic mass is 16.4. The molecule has 90 valence electrons. The van der Waals surface area contributed by atoms with Gasteiger partial charge in [0.25, 0.3) is 0 Å². The predicted molar refractivity (Wildman–Crippen MR) is 72.7 cm³/mol. The largest absolute Gasteiger partial charge is 0.429 e. The Hall–Kier alpha value is -0.495. The fourth-order valence-electron chi connectivity index (χ4n) is 2.55. The molecule has 1 aliphatic rings. The third-order valence-corrected chi connectivity index (χ3v) is 3.06. The van der Waals surface area contributed by atoms with Gasteiger partial charge in [0.1, 0.15) is 0 Å². The molecule has 0 spiro atoms. The molecular weight excluding hydrogens is 195 g/mol. The Bertz CT molecular complexity index is 245. The van der Waals surface area contributed by atoms with E-state index in [9.17, 15) is 0 Å². The van der Waals surface area contributed by atoms with E-state index in [-0.39, 0.29) is 0 Å². The first kappa shape index (κ1) is 13.6. The van der Waals surface area contributed by atoms with Crippen LogP contribution in [0.5, 0.6) is 0 Å². The summed E-state index contributed by atoms with van der Waals surface area (Å²) in [6, 6.07) is 0. The van der Waals surface area contributed by atoms with Gasteiger partial charge in [-0.1, -0.05) is 31.0 Å². The lowest BCUT2D eigenvalue weighted by atomic mass is 9.54. The number of hydrogen-bond acceptors (Lipinski definition) is 1. The van der Waals surface area contributed by atoms with Crippen molar-refractivity contribution in [2.24, 2.45) is 5.92 Å². The van der Waals surface area contributed by atoms with Crippen LogP contribution in [-0.4, -0.2) is 13.0 Å². The van der Waals surface area contributed by atoms with Crippen molar-refractivity contribution in [2.45, 2.75) is 58.9 Å². The molecule has 0 aromatic heterocycles. The highest BCUT2D eigenvalue weighted by Gasteiger charge is 2.25. The summed E-state index contributed by atoms with van der Waals surface area (Å²) in [5, 5.41) is 0. The standard InChI is InChI=1S/C14H25BO/c1-5-7-13-9-14(8-6-2)11-15(10-13)16-12(3)4/h5,11-13H,1,6-10H2,2-4H3. The molecule has 0 amide bonds. The molecule has 1 nitrogen and oxygen atoms in total. The topological polar surface area (TPSA) is 9.23 Å². The zero-order chi connectivity index (χ0) is 12.0. The Labute approximate surface area is 101 Å². The zero-order valence-electron chi connectivity index (χ0n) is 11.0. The van der Waals surface area contributed by atoms with E-state index in [1.165, 1.54) is 19.3 Å². The van der Waals surface area contributed by atoms with E-state index < -0.39 is 0 Å². The average Bonchev–Trinajstić information content (AvgIpc) is 2.17. The molecule has 1 heterocycles. The normalized spacial score (nSPS) is 21.1. The first-order valence-corrected chi connectivity index (χ1v) is 6.61. The monoisotopic (exact) mass is 220 g/mol. The third-order valence-electron chi connectivity index (χ3n) is 3.06. The van der Waals surface area contributed by atoms with Crippen LogP contribution < -0.4 is 0 Å². The smallest absolute Gasteiger partial charge is 0.319 e. The Kier molecular flexibility index (Phi) is 5.90. The highest BCUT2D eigenvalue weighted by molar-refractivity contribution is 6.58. The Morgan fingerprint density at radius 2 is 2.38 bits per heavy atom. The minimum absolute atomic E-state index is 0.326. The van der Waals surface area contributed by atoms with Crippen molar-refractivity contribution in [1.29, 1.82) is 0 Å². The maximum Gasteiger partial charge on any atom is 0.319 e. The van der Waals surface area contributed by atoms with Crippen LogP contribution in [0.25, 0.3) is 0 Å². The molecule has 0 aromatic carbocycles. The zero-order valence-corrected chi connectivity index (χ0v) is 11.0. The van der Waals surface area contributed by atoms with Gasteiger partial charge >= 0.3 is 6.92 Å². The lowest BCUT2D eigenvalue weighted by Gasteiger charge is -2.27. The molecule has 1 aliphatic heterocycles. The predicted octanol–water partition coefficient (Wildman–Crippen LogP) is 4.26. The van der Waals surface area contributed by atoms with E-state index >= 15 is 0 Å². The van der Waals surface area contributed by atoms with E-state index in [0.717, 1.165) is 18.7 Å². The van der Waals surface area contributed by atoms with Gasteiger partial charge < -0.3 is 4.65 Å². The van der Waals surface area contributed by atoms with Crippen LogP contribution in [0.2, 0.25) is 6.32 Å². The van der Waals surface area contributed by atoms with Gasteiger partial charge in [-0.25, -0.2) is 0 Å². The summed E-state index contributed by atoms with van der Waals surface area (Å²) in [5.41, 5.74) is 1.59. The van der Waals surface area contributed by atoms with Crippen molar-refractivity contribution in [2.75, 3.05) is 0 Å². The second kappa shape index (κ2) is 6.95. The van der Waals surface area contributed by atoms with Crippen LogP contribution in [0.3, 0.4) is 0 Å². The van der Waals surface area contributed by atoms with Gasteiger partial charge in [-0.3, -0.25) is 0 Å². The van der Waals surface area contributed by atoms with Gasteiger partial charge in [-0.05, 0) is 45.3 Å². The number of rotatable bonds is 6. The molecule has 1 unspecified atom stereocenters. The maximum absolute atomic E-state index is 5.93. The fraction of sp³-hybridized carbons (Fsp3) is 0.714. The molecule has 0 saturated carbocycles. The van der Waals surface area contributed by atoms with E-state index in [2.05, 4.69) is 33.3 Å². The van der Waals surface area contributed by atoms with Crippen LogP contribution in [0.15, 0.2) is 24.2 Å². The highest BCUT2D eigenvalue weighted by Crippen LogP contribution is 2.30. The van der Waals surface area contributed by atoms with Crippen molar-refractivity contribution in [3.8, 4) is 0 Å². The Balaban J connectivity index is 2.60. The second-order valence-corrected chi connectivity index (χ2v) is 5.13. The Morgan fingerprint density at radius 1 is 1.62 bits per heavy atom. The molecule has 1 rings (SSSR count). The summed E-state index contributed by atoms with van der Waals surface area (Å²) in [6.07, 6.45) is 8.37. The lowest BCUT2D eigenvalue weighted by molar-refractivity contribution is 0.241. The van der Waals surface area contributed by atoms with Gasteiger partial charge in [-0.2, -0.15) is 0 Å². The quantitative estimate of drug-likeness (QED) is 0.480. The van der Waals surface area contributed by atoms with Crippen molar-refractivity contribution >= 4 is 6.92 Å². The van der Waals surface area contributed by atoms with Gasteiger partial charge in [0.15, 0.2) is 0 Å². The first-order chi connectivity index (χ1) is 7.65. The molecule has 1 atom stereocenters. The molecular formula is C14H25BO. The van der Waals surface area contributed by atoms with E-state index in [4.69, 9.17) is 4.65 Å². The molecule has 0 saturated heterocycles. The number of hydrogen-bond donors (Lipinski definition) is 0. The van der Waals surface area contributed by atoms with Crippen LogP contribution in [0, 0.1) is 5.92 Å². The van der Waals surface area contributed by atoms with Crippen molar-refractivity contribution in [1.82, 2.24) is 0 Å². The summed E-state index contributed by atoms with van der Waals surface area (Å²) >= 11 is 0. The second-order valence-electron chi connectivity index (χ2n) is 5.13. The third kappa shape index (κ3) is 4.57. The average molecular weight is 220 g/mol. The fourth-order valence-corrected chi connectivity index (χ4v) is 2.55. The van der Waals surface area contributed by atoms with E-state index in [0.29, 0.717) is 13.0 Å². The van der Waals surface area contributed by atoms with Crippen LogP contribution >= 0.6 is 0 Å². The molecule has 0 aromatic rings. The summed E-state index contributed by atoms with van der Waals surface area (Å²) in [5.74, 6) is 3.11. The summed E-state index contributed by atoms with van der Waals surface area (Å²) < 4.78 is 5.93. The first-order valence-electron chi connectivity index (χ1n) is 6.61. The maximum atomic E-state index is 5.93. The van der Waals surface area contributed by atoms with E-state index in [1.54, 1.807) is 5.57 Å². The lowest BCUT2D eigenvalue weighted by Crippen LogP contribution is -2.27. The molecule has 0 bridgehead atoms. The van der Waals surface area contributed by atoms with Crippen LogP contribution in [0.4, 0.5) is 0 Å². The molecule has 16 heavy (non-hydrogen) atoms. The molecule has 0 aliphatic carbocycles. The van der Waals surface area contributed by atoms with Gasteiger partial charge in [0, 0.05) is 6.10 Å². The molecule has 0 fully saturated rings. The molecule has 2 heteroatoms. The minimum Gasteiger partial charge on any atom is -0.429 e. The number of allylic oxidation sites excluding steroid dienone is 2. The SMILES string of the molecule is C=CCC1CB(OC(C)C)C=C(CCC)C1. The van der Waals surface area contributed by atoms with Gasteiger partial charge in [-0.15, -0.1) is 6.58 Å². The van der Waals surface area contributed by atoms with Gasteiger partial charge in [0.05, 0.1) is 0 Å². The van der Waals surface area contributed by atoms with Crippen molar-refractivity contribution in [3.05, 3.63) is 24.2 Å². The van der Waals surface area contributed by atoms with Crippen molar-refractivity contribution in [3.63, 3.8) is 0 Å². The minimum atomic E-state index is 0.326. The molecule has 0 N–H and O–H groups in total. The van der Waals surface area contributed by atoms with E-state index in [1.807, 2.05) is 6.08 Å². The Morgan fingerprint density at radius 3 is 2.94 bits per heavy atom. The summed E-state index contributed by atoms with van der Waals surface area (Å²) in [6.45, 7) is 10.7. The molecule has 0 radical (unpaired) electrons. The summed E-state index contributed by atoms with van der Waals surface area (Å²) in [7, 11) is 0. The van der Waals surface area contributed by atoms with Gasteiger partial charge in [0.2, 0.25) is 0 Å². The van der Waals surface area contributed by atoms with Crippen LogP contribution in [0.1, 0.15) is 46.5 Å². The van der Waals surface area contributed by atoms with Crippen LogP contribution in [-0.2, 0) is 4.65 Å². The van der Waals surface area contributed by atoms with Crippen molar-refractivity contribution < 1.29 is 4.65 Å².